The first-order valence-corrected chi connectivity index (χ1v) is 9.70. The lowest BCUT2D eigenvalue weighted by molar-refractivity contribution is 0.456. The van der Waals surface area contributed by atoms with Crippen molar-refractivity contribution < 1.29 is 0 Å². The maximum Gasteiger partial charge on any atom is 0.0600 e. The van der Waals surface area contributed by atoms with Crippen LogP contribution in [0, 0.1) is 0 Å². The minimum Gasteiger partial charge on any atom is -0.397 e. The number of nitrogens with one attached hydrogen (secondary N) is 1. The van der Waals surface area contributed by atoms with Gasteiger partial charge in [0.25, 0.3) is 0 Å². The van der Waals surface area contributed by atoms with Crippen LogP contribution >= 0.6 is 0 Å². The van der Waals surface area contributed by atoms with Gasteiger partial charge < -0.3 is 16.0 Å². The molecule has 0 atom stereocenters. The highest BCUT2D eigenvalue weighted by atomic mass is 15.1. The van der Waals surface area contributed by atoms with Crippen molar-refractivity contribution in [1.29, 1.82) is 0 Å². The van der Waals surface area contributed by atoms with Gasteiger partial charge in [0.2, 0.25) is 0 Å². The number of aryl methyl sites for hydroxylation is 1. The molecule has 1 aliphatic heterocycles. The topological polar surface area (TPSA) is 41.3 Å². The van der Waals surface area contributed by atoms with Crippen LogP contribution in [-0.2, 0) is 6.42 Å². The van der Waals surface area contributed by atoms with Crippen molar-refractivity contribution in [2.75, 3.05) is 30.3 Å². The molecule has 3 N–H and O–H groups in total. The van der Waals surface area contributed by atoms with E-state index in [0.717, 1.165) is 37.8 Å². The molecule has 0 bridgehead atoms. The van der Waals surface area contributed by atoms with Crippen LogP contribution in [0.15, 0.2) is 18.2 Å². The first-order chi connectivity index (χ1) is 11.3. The second kappa shape index (κ2) is 8.58. The van der Waals surface area contributed by atoms with E-state index in [-0.39, 0.29) is 0 Å². The van der Waals surface area contributed by atoms with Gasteiger partial charge >= 0.3 is 0 Å². The van der Waals surface area contributed by atoms with E-state index in [2.05, 4.69) is 28.4 Å². The van der Waals surface area contributed by atoms with Crippen molar-refractivity contribution >= 4 is 11.4 Å². The average Bonchev–Trinajstić information content (AvgIpc) is 2.96. The molecule has 0 aromatic heterocycles. The number of anilines is 2. The van der Waals surface area contributed by atoms with E-state index in [1.54, 1.807) is 0 Å². The van der Waals surface area contributed by atoms with E-state index in [1.807, 2.05) is 0 Å². The fourth-order valence-electron chi connectivity index (χ4n) is 4.09. The molecule has 1 aromatic carbocycles. The van der Waals surface area contributed by atoms with Gasteiger partial charge in [0.05, 0.1) is 11.4 Å². The lowest BCUT2D eigenvalue weighted by Gasteiger charge is -2.20. The number of nitrogens with zero attached hydrogens (tertiary/aromatic N) is 1. The fraction of sp³-hybridized carbons (Fsp3) is 0.700. The molecule has 1 aromatic rings. The van der Waals surface area contributed by atoms with Crippen LogP contribution in [0.2, 0.25) is 0 Å². The van der Waals surface area contributed by atoms with Crippen LogP contribution < -0.4 is 16.0 Å². The monoisotopic (exact) mass is 315 g/mol. The van der Waals surface area contributed by atoms with E-state index in [4.69, 9.17) is 5.73 Å². The van der Waals surface area contributed by atoms with Crippen LogP contribution in [-0.4, -0.2) is 25.7 Å². The SMILES string of the molecule is Nc1cc(CCCNC2CCCCCC2)ccc1N1CCCC1. The van der Waals surface area contributed by atoms with Crippen LogP contribution in [0.4, 0.5) is 11.4 Å². The van der Waals surface area contributed by atoms with E-state index in [0.29, 0.717) is 0 Å². The summed E-state index contributed by atoms with van der Waals surface area (Å²) in [6.45, 7) is 3.46. The Labute approximate surface area is 141 Å². The van der Waals surface area contributed by atoms with Crippen molar-refractivity contribution in [3.05, 3.63) is 23.8 Å². The van der Waals surface area contributed by atoms with Crippen LogP contribution in [0.1, 0.15) is 63.4 Å². The highest BCUT2D eigenvalue weighted by Crippen LogP contribution is 2.28. The molecule has 2 fully saturated rings. The number of hydrogen-bond donors (Lipinski definition) is 2. The summed E-state index contributed by atoms with van der Waals surface area (Å²) in [6, 6.07) is 7.46. The summed E-state index contributed by atoms with van der Waals surface area (Å²) in [4.78, 5) is 2.42. The Morgan fingerprint density at radius 2 is 1.74 bits per heavy atom. The van der Waals surface area contributed by atoms with Gasteiger partial charge in [-0.25, -0.2) is 0 Å². The number of nitrogen functional groups attached to an aromatic ring is 1. The molecule has 2 aliphatic rings. The Kier molecular flexibility index (Phi) is 6.21. The molecule has 1 saturated carbocycles. The molecule has 1 saturated heterocycles. The first kappa shape index (κ1) is 16.6. The van der Waals surface area contributed by atoms with Gasteiger partial charge in [-0.3, -0.25) is 0 Å². The zero-order valence-corrected chi connectivity index (χ0v) is 14.5. The fourth-order valence-corrected chi connectivity index (χ4v) is 4.09. The predicted octanol–water partition coefficient (Wildman–Crippen LogP) is 4.11. The normalized spacial score (nSPS) is 19.9. The molecule has 3 heteroatoms. The third-order valence-corrected chi connectivity index (χ3v) is 5.47. The minimum absolute atomic E-state index is 0.764. The number of hydrogen-bond acceptors (Lipinski definition) is 3. The van der Waals surface area contributed by atoms with Gasteiger partial charge in [-0.2, -0.15) is 0 Å². The summed E-state index contributed by atoms with van der Waals surface area (Å²) in [5, 5.41) is 3.76. The molecule has 0 unspecified atom stereocenters. The average molecular weight is 316 g/mol. The van der Waals surface area contributed by atoms with Crippen molar-refractivity contribution in [3.8, 4) is 0 Å². The second-order valence-electron chi connectivity index (χ2n) is 7.33. The van der Waals surface area contributed by atoms with E-state index < -0.39 is 0 Å². The highest BCUT2D eigenvalue weighted by molar-refractivity contribution is 5.68. The van der Waals surface area contributed by atoms with Gasteiger partial charge in [-0.1, -0.05) is 31.7 Å². The van der Waals surface area contributed by atoms with E-state index in [9.17, 15) is 0 Å². The summed E-state index contributed by atoms with van der Waals surface area (Å²) in [5.74, 6) is 0. The highest BCUT2D eigenvalue weighted by Gasteiger charge is 2.15. The zero-order valence-electron chi connectivity index (χ0n) is 14.5. The predicted molar refractivity (Wildman–Crippen MR) is 100 cm³/mol. The van der Waals surface area contributed by atoms with Crippen molar-refractivity contribution in [3.63, 3.8) is 0 Å². The molecule has 3 rings (SSSR count). The van der Waals surface area contributed by atoms with Crippen molar-refractivity contribution in [2.24, 2.45) is 0 Å². The Morgan fingerprint density at radius 3 is 2.43 bits per heavy atom. The maximum atomic E-state index is 6.28. The largest absolute Gasteiger partial charge is 0.397 e. The quantitative estimate of drug-likeness (QED) is 0.471. The lowest BCUT2D eigenvalue weighted by Crippen LogP contribution is -2.29. The summed E-state index contributed by atoms with van der Waals surface area (Å²) in [7, 11) is 0. The van der Waals surface area contributed by atoms with Gasteiger partial charge in [-0.05, 0) is 62.8 Å². The molecule has 128 valence electrons. The molecule has 23 heavy (non-hydrogen) atoms. The summed E-state index contributed by atoms with van der Waals surface area (Å²) in [6.07, 6.45) is 13.4. The standard InChI is InChI=1S/C20H33N3/c21-19-16-17(11-12-20(19)23-14-5-6-15-23)8-7-13-22-18-9-3-1-2-4-10-18/h11-12,16,18,22H,1-10,13-15,21H2. The Hall–Kier alpha value is -1.22. The maximum absolute atomic E-state index is 6.28. The Morgan fingerprint density at radius 1 is 1.00 bits per heavy atom. The van der Waals surface area contributed by atoms with Gasteiger partial charge in [0.15, 0.2) is 0 Å². The molecule has 3 nitrogen and oxygen atoms in total. The summed E-state index contributed by atoms with van der Waals surface area (Å²) < 4.78 is 0. The number of benzene rings is 1. The number of rotatable bonds is 6. The first-order valence-electron chi connectivity index (χ1n) is 9.70. The Balaban J connectivity index is 1.42. The molecule has 0 amide bonds. The van der Waals surface area contributed by atoms with E-state index >= 15 is 0 Å². The summed E-state index contributed by atoms with van der Waals surface area (Å²) in [5.41, 5.74) is 9.86. The van der Waals surface area contributed by atoms with Gasteiger partial charge in [-0.15, -0.1) is 0 Å². The van der Waals surface area contributed by atoms with E-state index in [1.165, 1.54) is 69.0 Å². The van der Waals surface area contributed by atoms with Gasteiger partial charge in [0, 0.05) is 19.1 Å². The summed E-state index contributed by atoms with van der Waals surface area (Å²) >= 11 is 0. The Bertz CT molecular complexity index is 472. The number of nitrogens with two attached hydrogens (primary N) is 1. The molecule has 1 heterocycles. The van der Waals surface area contributed by atoms with Crippen LogP contribution in [0.3, 0.4) is 0 Å². The van der Waals surface area contributed by atoms with Crippen LogP contribution in [0.25, 0.3) is 0 Å². The molecule has 0 spiro atoms. The lowest BCUT2D eigenvalue weighted by atomic mass is 10.1. The smallest absolute Gasteiger partial charge is 0.0600 e. The molecule has 1 aliphatic carbocycles. The van der Waals surface area contributed by atoms with Crippen molar-refractivity contribution in [1.82, 2.24) is 5.32 Å². The molecular weight excluding hydrogens is 282 g/mol. The molecule has 0 radical (unpaired) electrons. The third-order valence-electron chi connectivity index (χ3n) is 5.47. The van der Waals surface area contributed by atoms with Gasteiger partial charge in [0.1, 0.15) is 0 Å². The zero-order chi connectivity index (χ0) is 15.9. The third kappa shape index (κ3) is 4.87. The van der Waals surface area contributed by atoms with Crippen molar-refractivity contribution in [2.45, 2.75) is 70.3 Å². The second-order valence-corrected chi connectivity index (χ2v) is 7.33. The minimum atomic E-state index is 0.764. The van der Waals surface area contributed by atoms with Crippen LogP contribution in [0.5, 0.6) is 0 Å². The molecular formula is C20H33N3.